The zero-order valence-electron chi connectivity index (χ0n) is 10.2. The van der Waals surface area contributed by atoms with Gasteiger partial charge >= 0.3 is 0 Å². The summed E-state index contributed by atoms with van der Waals surface area (Å²) in [7, 11) is 0. The molecule has 0 saturated heterocycles. The smallest absolute Gasteiger partial charge is 0.137 e. The molecule has 0 aromatic heterocycles. The summed E-state index contributed by atoms with van der Waals surface area (Å²) in [5.74, 6) is -0.260. The van der Waals surface area contributed by atoms with Gasteiger partial charge in [0.25, 0.3) is 0 Å². The van der Waals surface area contributed by atoms with Gasteiger partial charge in [0.15, 0.2) is 0 Å². The van der Waals surface area contributed by atoms with Crippen LogP contribution in [0.3, 0.4) is 0 Å². The van der Waals surface area contributed by atoms with E-state index < -0.39 is 0 Å². The third kappa shape index (κ3) is 3.55. The monoisotopic (exact) mass is 318 g/mol. The van der Waals surface area contributed by atoms with Crippen LogP contribution in [0.25, 0.3) is 0 Å². The molecule has 0 radical (unpaired) electrons. The maximum Gasteiger partial charge on any atom is 0.137 e. The van der Waals surface area contributed by atoms with Gasteiger partial charge in [0.1, 0.15) is 5.82 Å². The highest BCUT2D eigenvalue weighted by atomic mass is 79.9. The van der Waals surface area contributed by atoms with Crippen molar-refractivity contribution >= 4 is 21.6 Å². The highest BCUT2D eigenvalue weighted by Gasteiger charge is 2.04. The quantitative estimate of drug-likeness (QED) is 0.914. The predicted molar refractivity (Wildman–Crippen MR) is 77.2 cm³/mol. The predicted octanol–water partition coefficient (Wildman–Crippen LogP) is 4.27. The van der Waals surface area contributed by atoms with Crippen LogP contribution in [0.4, 0.5) is 10.1 Å². The Hall–Kier alpha value is -1.86. The maximum absolute atomic E-state index is 13.3. The van der Waals surface area contributed by atoms with Gasteiger partial charge in [-0.15, -0.1) is 0 Å². The van der Waals surface area contributed by atoms with Gasteiger partial charge in [-0.2, -0.15) is 5.26 Å². The van der Waals surface area contributed by atoms with Crippen LogP contribution in [0.15, 0.2) is 46.9 Å². The van der Waals surface area contributed by atoms with Gasteiger partial charge in [0, 0.05) is 12.2 Å². The van der Waals surface area contributed by atoms with Gasteiger partial charge in [-0.3, -0.25) is 0 Å². The molecule has 1 N–H and O–H groups in total. The first-order chi connectivity index (χ1) is 9.20. The van der Waals surface area contributed by atoms with Crippen molar-refractivity contribution in [1.82, 2.24) is 0 Å². The van der Waals surface area contributed by atoms with Crippen LogP contribution in [0.5, 0.6) is 0 Å². The number of nitrogens with one attached hydrogen (secondary N) is 1. The van der Waals surface area contributed by atoms with Crippen molar-refractivity contribution in [2.45, 2.75) is 13.0 Å². The number of hydrogen-bond donors (Lipinski definition) is 1. The van der Waals surface area contributed by atoms with E-state index in [1.807, 2.05) is 30.3 Å². The summed E-state index contributed by atoms with van der Waals surface area (Å²) in [5, 5.41) is 11.8. The molecular formula is C15H12BrFN2. The van der Waals surface area contributed by atoms with Crippen molar-refractivity contribution in [3.63, 3.8) is 0 Å². The van der Waals surface area contributed by atoms with Crippen LogP contribution < -0.4 is 5.32 Å². The van der Waals surface area contributed by atoms with Crippen LogP contribution in [0.2, 0.25) is 0 Å². The highest BCUT2D eigenvalue weighted by Crippen LogP contribution is 2.21. The molecule has 2 nitrogen and oxygen atoms in total. The Labute approximate surface area is 120 Å². The van der Waals surface area contributed by atoms with Crippen LogP contribution in [0, 0.1) is 17.1 Å². The lowest BCUT2D eigenvalue weighted by Crippen LogP contribution is -2.01. The van der Waals surface area contributed by atoms with Gasteiger partial charge < -0.3 is 5.32 Å². The van der Waals surface area contributed by atoms with E-state index in [0.29, 0.717) is 17.4 Å². The van der Waals surface area contributed by atoms with Gasteiger partial charge in [-0.25, -0.2) is 4.39 Å². The Bertz CT molecular complexity index is 603. The first-order valence-electron chi connectivity index (χ1n) is 5.83. The molecule has 0 aliphatic rings. The van der Waals surface area contributed by atoms with Crippen LogP contribution in [-0.4, -0.2) is 0 Å². The molecule has 4 heteroatoms. The summed E-state index contributed by atoms with van der Waals surface area (Å²) in [6.07, 6.45) is 0.412. The molecule has 0 amide bonds. The number of benzene rings is 2. The summed E-state index contributed by atoms with van der Waals surface area (Å²) < 4.78 is 13.8. The molecule has 0 fully saturated rings. The molecule has 0 aliphatic heterocycles. The van der Waals surface area contributed by atoms with Crippen LogP contribution in [0.1, 0.15) is 11.1 Å². The molecule has 0 heterocycles. The summed E-state index contributed by atoms with van der Waals surface area (Å²) in [6, 6.07) is 14.7. The van der Waals surface area contributed by atoms with Gasteiger partial charge in [-0.1, -0.05) is 24.3 Å². The molecule has 0 atom stereocenters. The van der Waals surface area contributed by atoms with Crippen molar-refractivity contribution in [2.75, 3.05) is 5.32 Å². The second kappa shape index (κ2) is 6.35. The van der Waals surface area contributed by atoms with Crippen molar-refractivity contribution in [1.29, 1.82) is 5.26 Å². The van der Waals surface area contributed by atoms with E-state index in [9.17, 15) is 4.39 Å². The fourth-order valence-electron chi connectivity index (χ4n) is 1.71. The molecule has 2 aromatic rings. The van der Waals surface area contributed by atoms with E-state index in [0.717, 1.165) is 16.8 Å². The zero-order chi connectivity index (χ0) is 13.7. The molecule has 0 saturated carbocycles. The van der Waals surface area contributed by atoms with E-state index in [1.54, 1.807) is 6.07 Å². The normalized spacial score (nSPS) is 9.95. The highest BCUT2D eigenvalue weighted by molar-refractivity contribution is 9.10. The molecule has 0 unspecified atom stereocenters. The number of halogens is 2. The number of rotatable bonds is 4. The third-order valence-electron chi connectivity index (χ3n) is 2.75. The SMILES string of the molecule is N#CCc1ccc(NCc2cccc(F)c2Br)cc1. The summed E-state index contributed by atoms with van der Waals surface area (Å²) in [4.78, 5) is 0. The second-order valence-electron chi connectivity index (χ2n) is 4.10. The molecule has 0 bridgehead atoms. The average Bonchev–Trinajstić information content (AvgIpc) is 2.42. The third-order valence-corrected chi connectivity index (χ3v) is 3.64. The average molecular weight is 319 g/mol. The van der Waals surface area contributed by atoms with E-state index in [-0.39, 0.29) is 5.82 Å². The van der Waals surface area contributed by atoms with Crippen LogP contribution in [-0.2, 0) is 13.0 Å². The Kier molecular flexibility index (Phi) is 4.53. The van der Waals surface area contributed by atoms with E-state index in [1.165, 1.54) is 6.07 Å². The Morgan fingerprint density at radius 3 is 2.58 bits per heavy atom. The van der Waals surface area contributed by atoms with Gasteiger partial charge in [0.05, 0.1) is 17.0 Å². The molecule has 0 aliphatic carbocycles. The number of anilines is 1. The first kappa shape index (κ1) is 13.6. The summed E-state index contributed by atoms with van der Waals surface area (Å²) in [6.45, 7) is 0.538. The lowest BCUT2D eigenvalue weighted by atomic mass is 10.1. The molecule has 2 aromatic carbocycles. The minimum atomic E-state index is -0.260. The molecule has 2 rings (SSSR count). The van der Waals surface area contributed by atoms with Gasteiger partial charge in [-0.05, 0) is 45.3 Å². The summed E-state index contributed by atoms with van der Waals surface area (Å²) >= 11 is 3.23. The minimum absolute atomic E-state index is 0.260. The van der Waals surface area contributed by atoms with E-state index >= 15 is 0 Å². The molecule has 0 spiro atoms. The van der Waals surface area contributed by atoms with Crippen molar-refractivity contribution in [3.8, 4) is 6.07 Å². The Morgan fingerprint density at radius 2 is 1.89 bits per heavy atom. The topological polar surface area (TPSA) is 35.8 Å². The second-order valence-corrected chi connectivity index (χ2v) is 4.89. The van der Waals surface area contributed by atoms with Crippen LogP contribution >= 0.6 is 15.9 Å². The lowest BCUT2D eigenvalue weighted by Gasteiger charge is -2.09. The maximum atomic E-state index is 13.3. The largest absolute Gasteiger partial charge is 0.381 e. The van der Waals surface area contributed by atoms with Gasteiger partial charge in [0.2, 0.25) is 0 Å². The first-order valence-corrected chi connectivity index (χ1v) is 6.62. The molecule has 96 valence electrons. The fourth-order valence-corrected chi connectivity index (χ4v) is 2.12. The standard InChI is InChI=1S/C15H12BrFN2/c16-15-12(2-1-3-14(15)17)10-19-13-6-4-11(5-7-13)8-9-18/h1-7,19H,8,10H2. The number of nitriles is 1. The van der Waals surface area contributed by atoms with Crippen molar-refractivity contribution in [3.05, 3.63) is 63.9 Å². The Morgan fingerprint density at radius 1 is 1.16 bits per heavy atom. The van der Waals surface area contributed by atoms with Crippen molar-refractivity contribution in [2.24, 2.45) is 0 Å². The number of nitrogens with zero attached hydrogens (tertiary/aromatic N) is 1. The van der Waals surface area contributed by atoms with E-state index in [2.05, 4.69) is 27.3 Å². The van der Waals surface area contributed by atoms with Crippen molar-refractivity contribution < 1.29 is 4.39 Å². The lowest BCUT2D eigenvalue weighted by molar-refractivity contribution is 0.618. The fraction of sp³-hybridized carbons (Fsp3) is 0.133. The number of hydrogen-bond acceptors (Lipinski definition) is 2. The van der Waals surface area contributed by atoms with E-state index in [4.69, 9.17) is 5.26 Å². The summed E-state index contributed by atoms with van der Waals surface area (Å²) in [5.41, 5.74) is 2.79. The molecule has 19 heavy (non-hydrogen) atoms. The Balaban J connectivity index is 2.02. The zero-order valence-corrected chi connectivity index (χ0v) is 11.7. The molecular weight excluding hydrogens is 307 g/mol. The minimum Gasteiger partial charge on any atom is -0.381 e.